The lowest BCUT2D eigenvalue weighted by Gasteiger charge is -2.37. The Labute approximate surface area is 191 Å². The number of aryl methyl sites for hydroxylation is 1. The molecule has 0 saturated heterocycles. The normalized spacial score (nSPS) is 20.2. The van der Waals surface area contributed by atoms with Crippen LogP contribution in [0.1, 0.15) is 48.3 Å². The summed E-state index contributed by atoms with van der Waals surface area (Å²) >= 11 is 3.53. The molecule has 3 rings (SSSR count). The quantitative estimate of drug-likeness (QED) is 0.427. The number of halogens is 1. The average molecular weight is 492 g/mol. The molecule has 0 amide bonds. The van der Waals surface area contributed by atoms with Gasteiger partial charge in [0.05, 0.1) is 5.60 Å². The minimum absolute atomic E-state index is 0.145. The largest absolute Gasteiger partial charge is 0.473 e. The molecule has 7 heteroatoms. The van der Waals surface area contributed by atoms with Gasteiger partial charge in [0.2, 0.25) is 0 Å². The van der Waals surface area contributed by atoms with Crippen molar-refractivity contribution in [3.8, 4) is 0 Å². The number of benzene rings is 2. The van der Waals surface area contributed by atoms with Crippen molar-refractivity contribution in [2.45, 2.75) is 43.6 Å². The summed E-state index contributed by atoms with van der Waals surface area (Å²) in [6.45, 7) is 0.998. The van der Waals surface area contributed by atoms with E-state index < -0.39 is 17.5 Å². The lowest BCUT2D eigenvalue weighted by Crippen LogP contribution is -2.34. The molecule has 0 heterocycles. The SMILES string of the molecule is CN(C)CCC[C@@]1(O)c2ccccc2CCC[C@@H]1c1ccc(Br)cc1.O=C(O)C(=O)O. The summed E-state index contributed by atoms with van der Waals surface area (Å²) in [5.74, 6) is -3.50. The number of carboxylic acids is 2. The van der Waals surface area contributed by atoms with E-state index in [4.69, 9.17) is 19.8 Å². The van der Waals surface area contributed by atoms with Gasteiger partial charge in [-0.3, -0.25) is 0 Å². The van der Waals surface area contributed by atoms with Gasteiger partial charge < -0.3 is 20.2 Å². The van der Waals surface area contributed by atoms with E-state index in [1.807, 2.05) is 0 Å². The summed E-state index contributed by atoms with van der Waals surface area (Å²) in [6.07, 6.45) is 4.98. The molecule has 0 radical (unpaired) electrons. The molecular weight excluding hydrogens is 462 g/mol. The Morgan fingerprint density at radius 2 is 1.68 bits per heavy atom. The molecule has 0 saturated carbocycles. The van der Waals surface area contributed by atoms with Gasteiger partial charge in [0, 0.05) is 10.4 Å². The predicted molar refractivity (Wildman–Crippen MR) is 123 cm³/mol. The van der Waals surface area contributed by atoms with Crippen LogP contribution >= 0.6 is 15.9 Å². The van der Waals surface area contributed by atoms with Crippen molar-refractivity contribution in [1.82, 2.24) is 4.90 Å². The van der Waals surface area contributed by atoms with Crippen LogP contribution in [0, 0.1) is 0 Å². The maximum absolute atomic E-state index is 12.0. The van der Waals surface area contributed by atoms with Crippen molar-refractivity contribution in [2.24, 2.45) is 0 Å². The Bertz CT molecular complexity index is 872. The summed E-state index contributed by atoms with van der Waals surface area (Å²) in [5.41, 5.74) is 2.90. The lowest BCUT2D eigenvalue weighted by molar-refractivity contribution is -0.159. The molecule has 2 aromatic rings. The third-order valence-electron chi connectivity index (χ3n) is 5.62. The fourth-order valence-electron chi connectivity index (χ4n) is 4.19. The van der Waals surface area contributed by atoms with Crippen LogP contribution in [-0.2, 0) is 21.6 Å². The van der Waals surface area contributed by atoms with E-state index in [0.29, 0.717) is 0 Å². The molecule has 0 aliphatic heterocycles. The number of fused-ring (bicyclic) bond motifs is 1. The molecule has 3 N–H and O–H groups in total. The van der Waals surface area contributed by atoms with Crippen LogP contribution < -0.4 is 0 Å². The van der Waals surface area contributed by atoms with Gasteiger partial charge in [-0.1, -0.05) is 52.3 Å². The molecule has 1 aliphatic carbocycles. The molecule has 2 atom stereocenters. The monoisotopic (exact) mass is 491 g/mol. The highest BCUT2D eigenvalue weighted by Crippen LogP contribution is 2.47. The maximum atomic E-state index is 12.0. The van der Waals surface area contributed by atoms with Crippen LogP contribution in [0.5, 0.6) is 0 Å². The second-order valence-corrected chi connectivity index (χ2v) is 9.01. The molecule has 0 unspecified atom stereocenters. The summed E-state index contributed by atoms with van der Waals surface area (Å²) in [5, 5.41) is 26.8. The number of nitrogens with zero attached hydrogens (tertiary/aromatic N) is 1. The van der Waals surface area contributed by atoms with Crippen LogP contribution in [0.25, 0.3) is 0 Å². The standard InChI is InChI=1S/C22H28BrNO.C2H2O4/c1-24(2)16-6-15-22(25)20-9-4-3-7-17(20)8-5-10-21(22)18-11-13-19(23)14-12-18;3-1(4)2(5)6/h3-4,7,9,11-14,21,25H,5-6,8,10,15-16H2,1-2H3;(H,3,4)(H,5,6)/t21-,22-;/m1./s1. The van der Waals surface area contributed by atoms with Gasteiger partial charge in [-0.25, -0.2) is 9.59 Å². The molecule has 2 aromatic carbocycles. The third-order valence-corrected chi connectivity index (χ3v) is 6.15. The molecule has 0 spiro atoms. The van der Waals surface area contributed by atoms with Gasteiger partial charge >= 0.3 is 11.9 Å². The first-order valence-electron chi connectivity index (χ1n) is 10.3. The van der Waals surface area contributed by atoms with Gasteiger partial charge in [-0.05, 0) is 81.6 Å². The van der Waals surface area contributed by atoms with Crippen molar-refractivity contribution in [3.63, 3.8) is 0 Å². The van der Waals surface area contributed by atoms with Crippen LogP contribution in [0.3, 0.4) is 0 Å². The molecule has 6 nitrogen and oxygen atoms in total. The summed E-state index contributed by atoms with van der Waals surface area (Å²) in [7, 11) is 4.19. The van der Waals surface area contributed by atoms with Crippen molar-refractivity contribution < 1.29 is 24.9 Å². The zero-order chi connectivity index (χ0) is 23.0. The van der Waals surface area contributed by atoms with Gasteiger partial charge in [0.25, 0.3) is 0 Å². The Balaban J connectivity index is 0.000000501. The van der Waals surface area contributed by atoms with Crippen LogP contribution in [0.15, 0.2) is 53.0 Å². The number of carbonyl (C=O) groups is 2. The molecule has 0 aromatic heterocycles. The summed E-state index contributed by atoms with van der Waals surface area (Å²) in [4.78, 5) is 20.4. The Morgan fingerprint density at radius 3 is 2.26 bits per heavy atom. The van der Waals surface area contributed by atoms with Crippen molar-refractivity contribution >= 4 is 27.9 Å². The van der Waals surface area contributed by atoms with Crippen LogP contribution in [0.4, 0.5) is 0 Å². The van der Waals surface area contributed by atoms with Crippen molar-refractivity contribution in [2.75, 3.05) is 20.6 Å². The van der Waals surface area contributed by atoms with Crippen molar-refractivity contribution in [1.29, 1.82) is 0 Å². The minimum Gasteiger partial charge on any atom is -0.473 e. The average Bonchev–Trinajstić information content (AvgIpc) is 2.86. The third kappa shape index (κ3) is 6.89. The van der Waals surface area contributed by atoms with E-state index in [1.165, 1.54) is 11.1 Å². The number of carboxylic acid groups (broad SMARTS) is 2. The van der Waals surface area contributed by atoms with E-state index in [2.05, 4.69) is 83.5 Å². The van der Waals surface area contributed by atoms with E-state index in [0.717, 1.165) is 48.7 Å². The highest BCUT2D eigenvalue weighted by atomic mass is 79.9. The van der Waals surface area contributed by atoms with Gasteiger partial charge in [-0.15, -0.1) is 0 Å². The van der Waals surface area contributed by atoms with Gasteiger partial charge in [-0.2, -0.15) is 0 Å². The molecule has 0 fully saturated rings. The van der Waals surface area contributed by atoms with E-state index in [1.54, 1.807) is 0 Å². The second-order valence-electron chi connectivity index (χ2n) is 8.09. The minimum atomic E-state index is -1.82. The number of aliphatic carboxylic acids is 2. The smallest absolute Gasteiger partial charge is 0.414 e. The summed E-state index contributed by atoms with van der Waals surface area (Å²) in [6, 6.07) is 17.0. The highest BCUT2D eigenvalue weighted by molar-refractivity contribution is 9.10. The number of hydrogen-bond acceptors (Lipinski definition) is 4. The molecule has 168 valence electrons. The Morgan fingerprint density at radius 1 is 1.06 bits per heavy atom. The first-order valence-corrected chi connectivity index (χ1v) is 11.1. The van der Waals surface area contributed by atoms with E-state index in [9.17, 15) is 5.11 Å². The van der Waals surface area contributed by atoms with Crippen LogP contribution in [-0.4, -0.2) is 52.8 Å². The second kappa shape index (κ2) is 11.4. The van der Waals surface area contributed by atoms with Crippen LogP contribution in [0.2, 0.25) is 0 Å². The Hall–Kier alpha value is -2.22. The predicted octanol–water partition coefficient (Wildman–Crippen LogP) is 4.25. The first-order chi connectivity index (χ1) is 14.6. The lowest BCUT2D eigenvalue weighted by atomic mass is 9.73. The van der Waals surface area contributed by atoms with Crippen molar-refractivity contribution in [3.05, 3.63) is 69.7 Å². The number of rotatable bonds is 5. The first kappa shape index (κ1) is 25.0. The van der Waals surface area contributed by atoms with E-state index >= 15 is 0 Å². The van der Waals surface area contributed by atoms with Gasteiger partial charge in [0.1, 0.15) is 0 Å². The molecule has 1 aliphatic rings. The topological polar surface area (TPSA) is 98.1 Å². The van der Waals surface area contributed by atoms with Gasteiger partial charge in [0.15, 0.2) is 0 Å². The Kier molecular flexibility index (Phi) is 9.22. The highest BCUT2D eigenvalue weighted by Gasteiger charge is 2.41. The van der Waals surface area contributed by atoms with E-state index in [-0.39, 0.29) is 5.92 Å². The fourth-order valence-corrected chi connectivity index (χ4v) is 4.46. The summed E-state index contributed by atoms with van der Waals surface area (Å²) < 4.78 is 1.08. The molecule has 31 heavy (non-hydrogen) atoms. The number of aliphatic hydroxyl groups is 1. The zero-order valence-electron chi connectivity index (χ0n) is 17.9. The number of hydrogen-bond donors (Lipinski definition) is 3. The zero-order valence-corrected chi connectivity index (χ0v) is 19.5. The molecule has 0 bridgehead atoms. The molecular formula is C24H30BrNO5. The fraction of sp³-hybridized carbons (Fsp3) is 0.417. The maximum Gasteiger partial charge on any atom is 0.414 e.